The van der Waals surface area contributed by atoms with Gasteiger partial charge in [-0.25, -0.2) is 9.97 Å². The Morgan fingerprint density at radius 2 is 2.13 bits per heavy atom. The lowest BCUT2D eigenvalue weighted by Crippen LogP contribution is -2.17. The maximum absolute atomic E-state index is 11.7. The lowest BCUT2D eigenvalue weighted by atomic mass is 10.1. The molecule has 0 aliphatic carbocycles. The van der Waals surface area contributed by atoms with Crippen molar-refractivity contribution in [1.82, 2.24) is 15.3 Å². The van der Waals surface area contributed by atoms with Gasteiger partial charge in [-0.2, -0.15) is 0 Å². The van der Waals surface area contributed by atoms with Crippen LogP contribution < -0.4 is 5.32 Å². The molecule has 2 aromatic heterocycles. The summed E-state index contributed by atoms with van der Waals surface area (Å²) >= 11 is 7.89. The van der Waals surface area contributed by atoms with Crippen molar-refractivity contribution in [3.8, 4) is 11.1 Å². The third kappa shape index (κ3) is 2.90. The summed E-state index contributed by atoms with van der Waals surface area (Å²) in [7, 11) is 0. The van der Waals surface area contributed by atoms with Crippen molar-refractivity contribution in [2.45, 2.75) is 0 Å². The SMILES string of the molecule is O=C1NC(=S)S/C1=C\c1cc(-c2ccc3ncncc3c2)cs1. The summed E-state index contributed by atoms with van der Waals surface area (Å²) in [5.41, 5.74) is 3.14. The van der Waals surface area contributed by atoms with Crippen LogP contribution in [0.2, 0.25) is 0 Å². The lowest BCUT2D eigenvalue weighted by Gasteiger charge is -2.00. The van der Waals surface area contributed by atoms with Crippen molar-refractivity contribution >= 4 is 62.5 Å². The van der Waals surface area contributed by atoms with E-state index in [0.29, 0.717) is 9.23 Å². The second kappa shape index (κ2) is 5.84. The van der Waals surface area contributed by atoms with E-state index >= 15 is 0 Å². The predicted octanol–water partition coefficient (Wildman–Crippen LogP) is 3.85. The quantitative estimate of drug-likeness (QED) is 0.559. The van der Waals surface area contributed by atoms with E-state index < -0.39 is 0 Å². The van der Waals surface area contributed by atoms with Crippen molar-refractivity contribution in [3.05, 3.63) is 52.0 Å². The number of amides is 1. The number of nitrogens with one attached hydrogen (secondary N) is 1. The predicted molar refractivity (Wildman–Crippen MR) is 99.2 cm³/mol. The van der Waals surface area contributed by atoms with Gasteiger partial charge in [0.05, 0.1) is 10.4 Å². The fourth-order valence-corrected chi connectivity index (χ4v) is 4.25. The zero-order valence-electron chi connectivity index (χ0n) is 11.6. The highest BCUT2D eigenvalue weighted by molar-refractivity contribution is 8.26. The Hall–Kier alpha value is -2.09. The molecule has 3 aromatic rings. The number of carbonyl (C=O) groups excluding carboxylic acids is 1. The Balaban J connectivity index is 1.68. The fourth-order valence-electron chi connectivity index (χ4n) is 2.29. The smallest absolute Gasteiger partial charge is 0.263 e. The molecule has 3 heterocycles. The van der Waals surface area contributed by atoms with Crippen molar-refractivity contribution in [3.63, 3.8) is 0 Å². The molecule has 0 bridgehead atoms. The van der Waals surface area contributed by atoms with E-state index in [1.165, 1.54) is 11.8 Å². The van der Waals surface area contributed by atoms with Crippen molar-refractivity contribution < 1.29 is 4.79 Å². The molecule has 4 rings (SSSR count). The minimum atomic E-state index is -0.127. The van der Waals surface area contributed by atoms with Crippen LogP contribution in [0.3, 0.4) is 0 Å². The number of carbonyl (C=O) groups is 1. The first-order chi connectivity index (χ1) is 11.2. The zero-order valence-corrected chi connectivity index (χ0v) is 14.1. The number of rotatable bonds is 2. The summed E-state index contributed by atoms with van der Waals surface area (Å²) in [5, 5.41) is 5.71. The first kappa shape index (κ1) is 14.5. The molecule has 0 unspecified atom stereocenters. The second-order valence-corrected chi connectivity index (χ2v) is 7.55. The average molecular weight is 355 g/mol. The summed E-state index contributed by atoms with van der Waals surface area (Å²) in [4.78, 5) is 21.7. The van der Waals surface area contributed by atoms with Gasteiger partial charge in [-0.3, -0.25) is 4.79 Å². The van der Waals surface area contributed by atoms with Gasteiger partial charge >= 0.3 is 0 Å². The summed E-state index contributed by atoms with van der Waals surface area (Å²) in [6.45, 7) is 0. The Morgan fingerprint density at radius 3 is 2.96 bits per heavy atom. The fraction of sp³-hybridized carbons (Fsp3) is 0. The number of hydrogen-bond donors (Lipinski definition) is 1. The number of hydrogen-bond acceptors (Lipinski definition) is 6. The van der Waals surface area contributed by atoms with Crippen LogP contribution in [0, 0.1) is 0 Å². The number of thioether (sulfide) groups is 1. The van der Waals surface area contributed by atoms with Crippen LogP contribution >= 0.6 is 35.3 Å². The largest absolute Gasteiger partial charge is 0.307 e. The second-order valence-electron chi connectivity index (χ2n) is 4.89. The van der Waals surface area contributed by atoms with Gasteiger partial charge in [0.15, 0.2) is 0 Å². The topological polar surface area (TPSA) is 54.9 Å². The van der Waals surface area contributed by atoms with Gasteiger partial charge < -0.3 is 5.32 Å². The van der Waals surface area contributed by atoms with E-state index in [9.17, 15) is 4.79 Å². The molecule has 0 spiro atoms. The van der Waals surface area contributed by atoms with Crippen LogP contribution in [0.25, 0.3) is 28.1 Å². The van der Waals surface area contributed by atoms with Crippen LogP contribution in [0.1, 0.15) is 4.88 Å². The highest BCUT2D eigenvalue weighted by Gasteiger charge is 2.22. The summed E-state index contributed by atoms with van der Waals surface area (Å²) in [6, 6.07) is 8.17. The Kier molecular flexibility index (Phi) is 3.68. The number of thiocarbonyl (C=S) groups is 1. The van der Waals surface area contributed by atoms with Crippen LogP contribution in [0.5, 0.6) is 0 Å². The molecule has 0 saturated carbocycles. The van der Waals surface area contributed by atoms with Gasteiger partial charge in [0.2, 0.25) is 0 Å². The van der Waals surface area contributed by atoms with Crippen LogP contribution in [-0.4, -0.2) is 20.2 Å². The molecule has 1 saturated heterocycles. The Bertz CT molecular complexity index is 977. The molecule has 1 amide bonds. The average Bonchev–Trinajstić information content (AvgIpc) is 3.14. The minimum absolute atomic E-state index is 0.127. The minimum Gasteiger partial charge on any atom is -0.307 e. The zero-order chi connectivity index (χ0) is 15.8. The molecule has 23 heavy (non-hydrogen) atoms. The van der Waals surface area contributed by atoms with Gasteiger partial charge in [-0.05, 0) is 40.8 Å². The third-order valence-corrected chi connectivity index (χ3v) is 5.42. The number of nitrogens with zero attached hydrogens (tertiary/aromatic N) is 2. The maximum Gasteiger partial charge on any atom is 0.263 e. The van der Waals surface area contributed by atoms with Crippen LogP contribution in [-0.2, 0) is 4.79 Å². The van der Waals surface area contributed by atoms with Gasteiger partial charge in [0.1, 0.15) is 10.6 Å². The van der Waals surface area contributed by atoms with Crippen LogP contribution in [0.15, 0.2) is 47.1 Å². The van der Waals surface area contributed by atoms with Crippen molar-refractivity contribution in [1.29, 1.82) is 0 Å². The molecule has 0 radical (unpaired) electrons. The Labute approximate surface area is 145 Å². The van der Waals surface area contributed by atoms with E-state index in [0.717, 1.165) is 26.9 Å². The summed E-state index contributed by atoms with van der Waals surface area (Å²) in [6.07, 6.45) is 5.23. The number of benzene rings is 1. The first-order valence-electron chi connectivity index (χ1n) is 6.72. The monoisotopic (exact) mass is 355 g/mol. The molecule has 1 aliphatic heterocycles. The first-order valence-corrected chi connectivity index (χ1v) is 8.83. The highest BCUT2D eigenvalue weighted by atomic mass is 32.2. The van der Waals surface area contributed by atoms with E-state index in [4.69, 9.17) is 12.2 Å². The van der Waals surface area contributed by atoms with Gasteiger partial charge in [-0.15, -0.1) is 11.3 Å². The Morgan fingerprint density at radius 1 is 1.22 bits per heavy atom. The van der Waals surface area contributed by atoms with E-state index in [1.54, 1.807) is 17.7 Å². The molecular weight excluding hydrogens is 346 g/mol. The van der Waals surface area contributed by atoms with Crippen LogP contribution in [0.4, 0.5) is 0 Å². The highest BCUT2D eigenvalue weighted by Crippen LogP contribution is 2.32. The lowest BCUT2D eigenvalue weighted by molar-refractivity contribution is -0.115. The van der Waals surface area contributed by atoms with E-state index in [1.807, 2.05) is 24.4 Å². The normalized spacial score (nSPS) is 16.3. The molecule has 112 valence electrons. The van der Waals surface area contributed by atoms with Gasteiger partial charge in [0, 0.05) is 16.5 Å². The molecule has 7 heteroatoms. The van der Waals surface area contributed by atoms with Crippen molar-refractivity contribution in [2.75, 3.05) is 0 Å². The van der Waals surface area contributed by atoms with Gasteiger partial charge in [0.25, 0.3) is 5.91 Å². The molecule has 4 nitrogen and oxygen atoms in total. The number of fused-ring (bicyclic) bond motifs is 1. The number of aromatic nitrogens is 2. The van der Waals surface area contributed by atoms with Crippen molar-refractivity contribution in [2.24, 2.45) is 0 Å². The molecular formula is C16H9N3OS3. The van der Waals surface area contributed by atoms with Gasteiger partial charge in [-0.1, -0.05) is 30.0 Å². The molecule has 1 aromatic carbocycles. The van der Waals surface area contributed by atoms with E-state index in [2.05, 4.69) is 32.8 Å². The molecule has 0 atom stereocenters. The maximum atomic E-state index is 11.7. The van der Waals surface area contributed by atoms with E-state index in [-0.39, 0.29) is 5.91 Å². The standard InChI is InChI=1S/C16H9N3OS3/c20-15-14(23-16(21)19-15)5-12-4-11(7-22-12)9-1-2-13-10(3-9)6-17-8-18-13/h1-8H,(H,19,20,21)/b14-5-. The molecule has 1 aliphatic rings. The number of thiophene rings is 1. The summed E-state index contributed by atoms with van der Waals surface area (Å²) < 4.78 is 0.507. The molecule has 1 N–H and O–H groups in total. The third-order valence-electron chi connectivity index (χ3n) is 3.37. The summed E-state index contributed by atoms with van der Waals surface area (Å²) in [5.74, 6) is -0.127. The molecule has 1 fully saturated rings.